The van der Waals surface area contributed by atoms with Gasteiger partial charge >= 0.3 is 0 Å². The number of fused-ring (bicyclic) bond motifs is 1. The molecule has 1 N–H and O–H groups in total. The second-order valence-corrected chi connectivity index (χ2v) is 6.02. The molecule has 0 saturated carbocycles. The maximum absolute atomic E-state index is 13.3. The fraction of sp³-hybridized carbons (Fsp3) is 0.294. The second-order valence-electron chi connectivity index (χ2n) is 5.61. The van der Waals surface area contributed by atoms with Crippen molar-refractivity contribution in [2.75, 3.05) is 24.3 Å². The SMILES string of the molecule is CN(C)c1c(Cl)cccc1NC1CCc2cc(F)ccc21. The molecule has 0 amide bonds. The van der Waals surface area contributed by atoms with E-state index < -0.39 is 0 Å². The summed E-state index contributed by atoms with van der Waals surface area (Å²) in [4.78, 5) is 2.01. The summed E-state index contributed by atoms with van der Waals surface area (Å²) in [6.45, 7) is 0. The van der Waals surface area contributed by atoms with Gasteiger partial charge in [0.2, 0.25) is 0 Å². The topological polar surface area (TPSA) is 15.3 Å². The quantitative estimate of drug-likeness (QED) is 0.888. The zero-order valence-corrected chi connectivity index (χ0v) is 12.9. The first-order chi connectivity index (χ1) is 10.1. The minimum absolute atomic E-state index is 0.161. The van der Waals surface area contributed by atoms with Crippen LogP contribution in [0.2, 0.25) is 5.02 Å². The molecular formula is C17H18ClFN2. The Morgan fingerprint density at radius 2 is 2.05 bits per heavy atom. The van der Waals surface area contributed by atoms with E-state index in [-0.39, 0.29) is 11.9 Å². The van der Waals surface area contributed by atoms with Gasteiger partial charge in [0, 0.05) is 14.1 Å². The van der Waals surface area contributed by atoms with Crippen molar-refractivity contribution in [2.45, 2.75) is 18.9 Å². The molecule has 0 aromatic heterocycles. The highest BCUT2D eigenvalue weighted by Crippen LogP contribution is 2.39. The Kier molecular flexibility index (Phi) is 3.77. The molecule has 2 nitrogen and oxygen atoms in total. The summed E-state index contributed by atoms with van der Waals surface area (Å²) in [6, 6.07) is 11.1. The van der Waals surface area contributed by atoms with Crippen LogP contribution in [0.4, 0.5) is 15.8 Å². The molecular weight excluding hydrogens is 287 g/mol. The summed E-state index contributed by atoms with van der Waals surface area (Å²) in [5, 5.41) is 4.28. The number of para-hydroxylation sites is 1. The molecule has 0 heterocycles. The van der Waals surface area contributed by atoms with Gasteiger partial charge in [0.05, 0.1) is 22.4 Å². The zero-order valence-electron chi connectivity index (χ0n) is 12.2. The summed E-state index contributed by atoms with van der Waals surface area (Å²) in [5.74, 6) is -0.161. The van der Waals surface area contributed by atoms with Gasteiger partial charge < -0.3 is 10.2 Å². The first-order valence-electron chi connectivity index (χ1n) is 7.07. The number of nitrogens with zero attached hydrogens (tertiary/aromatic N) is 1. The van der Waals surface area contributed by atoms with Crippen LogP contribution in [0.3, 0.4) is 0 Å². The highest BCUT2D eigenvalue weighted by Gasteiger charge is 2.23. The summed E-state index contributed by atoms with van der Waals surface area (Å²) in [5.41, 5.74) is 4.27. The minimum Gasteiger partial charge on any atom is -0.376 e. The lowest BCUT2D eigenvalue weighted by molar-refractivity contribution is 0.626. The van der Waals surface area contributed by atoms with Gasteiger partial charge in [-0.1, -0.05) is 23.7 Å². The van der Waals surface area contributed by atoms with Crippen molar-refractivity contribution < 1.29 is 4.39 Å². The van der Waals surface area contributed by atoms with Crippen molar-refractivity contribution in [3.05, 3.63) is 58.4 Å². The fourth-order valence-corrected chi connectivity index (χ4v) is 3.35. The largest absolute Gasteiger partial charge is 0.376 e. The van der Waals surface area contributed by atoms with Crippen LogP contribution in [-0.2, 0) is 6.42 Å². The maximum Gasteiger partial charge on any atom is 0.123 e. The third-order valence-electron chi connectivity index (χ3n) is 3.95. The summed E-state index contributed by atoms with van der Waals surface area (Å²) < 4.78 is 13.3. The molecule has 0 radical (unpaired) electrons. The predicted molar refractivity (Wildman–Crippen MR) is 86.9 cm³/mol. The van der Waals surface area contributed by atoms with Crippen LogP contribution in [0.1, 0.15) is 23.6 Å². The van der Waals surface area contributed by atoms with Crippen molar-refractivity contribution in [1.29, 1.82) is 0 Å². The third kappa shape index (κ3) is 2.70. The number of aryl methyl sites for hydroxylation is 1. The first-order valence-corrected chi connectivity index (χ1v) is 7.45. The van der Waals surface area contributed by atoms with Crippen LogP contribution in [0.5, 0.6) is 0 Å². The van der Waals surface area contributed by atoms with Gasteiger partial charge in [-0.25, -0.2) is 4.39 Å². The summed E-state index contributed by atoms with van der Waals surface area (Å²) in [7, 11) is 3.95. The molecule has 1 unspecified atom stereocenters. The Hall–Kier alpha value is -1.74. The molecule has 21 heavy (non-hydrogen) atoms. The lowest BCUT2D eigenvalue weighted by atomic mass is 10.1. The Labute approximate surface area is 129 Å². The van der Waals surface area contributed by atoms with Gasteiger partial charge in [-0.2, -0.15) is 0 Å². The molecule has 0 fully saturated rings. The molecule has 0 aliphatic heterocycles. The number of anilines is 2. The number of rotatable bonds is 3. The van der Waals surface area contributed by atoms with Crippen molar-refractivity contribution in [3.63, 3.8) is 0 Å². The van der Waals surface area contributed by atoms with E-state index in [0.29, 0.717) is 0 Å². The molecule has 0 spiro atoms. The Bertz CT molecular complexity index is 670. The van der Waals surface area contributed by atoms with E-state index in [1.807, 2.05) is 43.3 Å². The van der Waals surface area contributed by atoms with Crippen molar-refractivity contribution in [1.82, 2.24) is 0 Å². The standard InChI is InChI=1S/C17H18ClFN2/c1-21(2)17-14(18)4-3-5-16(17)20-15-9-6-11-10-12(19)7-8-13(11)15/h3-5,7-8,10,15,20H,6,9H2,1-2H3. The maximum atomic E-state index is 13.3. The normalized spacial score (nSPS) is 16.7. The monoisotopic (exact) mass is 304 g/mol. The Balaban J connectivity index is 1.92. The summed E-state index contributed by atoms with van der Waals surface area (Å²) in [6.07, 6.45) is 1.88. The third-order valence-corrected chi connectivity index (χ3v) is 4.25. The zero-order chi connectivity index (χ0) is 15.0. The van der Waals surface area contributed by atoms with Crippen molar-refractivity contribution in [3.8, 4) is 0 Å². The van der Waals surface area contributed by atoms with Gasteiger partial charge in [-0.05, 0) is 48.2 Å². The fourth-order valence-electron chi connectivity index (χ4n) is 3.01. The Morgan fingerprint density at radius 1 is 1.24 bits per heavy atom. The van der Waals surface area contributed by atoms with E-state index in [4.69, 9.17) is 11.6 Å². The predicted octanol–water partition coefficient (Wildman–Crippen LogP) is 4.64. The lowest BCUT2D eigenvalue weighted by Crippen LogP contribution is -2.15. The van der Waals surface area contributed by atoms with E-state index in [2.05, 4.69) is 5.32 Å². The molecule has 1 aliphatic carbocycles. The van der Waals surface area contributed by atoms with E-state index in [9.17, 15) is 4.39 Å². The number of hydrogen-bond donors (Lipinski definition) is 1. The highest BCUT2D eigenvalue weighted by molar-refractivity contribution is 6.34. The molecule has 2 aromatic rings. The lowest BCUT2D eigenvalue weighted by Gasteiger charge is -2.23. The average Bonchev–Trinajstić information content (AvgIpc) is 2.80. The highest BCUT2D eigenvalue weighted by atomic mass is 35.5. The van der Waals surface area contributed by atoms with Gasteiger partial charge in [-0.15, -0.1) is 0 Å². The number of benzene rings is 2. The van der Waals surface area contributed by atoms with Gasteiger partial charge in [0.1, 0.15) is 5.82 Å². The number of hydrogen-bond acceptors (Lipinski definition) is 2. The molecule has 1 atom stereocenters. The molecule has 1 aliphatic rings. The van der Waals surface area contributed by atoms with E-state index in [0.717, 1.165) is 34.8 Å². The number of halogens is 2. The van der Waals surface area contributed by atoms with Gasteiger partial charge in [0.25, 0.3) is 0 Å². The van der Waals surface area contributed by atoms with E-state index >= 15 is 0 Å². The molecule has 110 valence electrons. The van der Waals surface area contributed by atoms with Crippen LogP contribution < -0.4 is 10.2 Å². The number of nitrogens with one attached hydrogen (secondary N) is 1. The van der Waals surface area contributed by atoms with Crippen LogP contribution in [0, 0.1) is 5.82 Å². The van der Waals surface area contributed by atoms with Gasteiger partial charge in [-0.3, -0.25) is 0 Å². The molecule has 4 heteroatoms. The molecule has 0 bridgehead atoms. The molecule has 3 rings (SSSR count). The first kappa shape index (κ1) is 14.2. The average molecular weight is 305 g/mol. The van der Waals surface area contributed by atoms with E-state index in [1.165, 1.54) is 11.6 Å². The van der Waals surface area contributed by atoms with Crippen LogP contribution in [0.25, 0.3) is 0 Å². The van der Waals surface area contributed by atoms with Gasteiger partial charge in [0.15, 0.2) is 0 Å². The van der Waals surface area contributed by atoms with E-state index in [1.54, 1.807) is 6.07 Å². The molecule has 0 saturated heterocycles. The second kappa shape index (κ2) is 5.57. The van der Waals surface area contributed by atoms with Crippen molar-refractivity contribution >= 4 is 23.0 Å². The van der Waals surface area contributed by atoms with Crippen molar-refractivity contribution in [2.24, 2.45) is 0 Å². The Morgan fingerprint density at radius 3 is 2.81 bits per heavy atom. The van der Waals surface area contributed by atoms with Crippen LogP contribution in [0.15, 0.2) is 36.4 Å². The van der Waals surface area contributed by atoms with Crippen LogP contribution in [-0.4, -0.2) is 14.1 Å². The molecule has 2 aromatic carbocycles. The van der Waals surface area contributed by atoms with Crippen LogP contribution >= 0.6 is 11.6 Å². The summed E-state index contributed by atoms with van der Waals surface area (Å²) >= 11 is 6.30. The smallest absolute Gasteiger partial charge is 0.123 e. The minimum atomic E-state index is -0.161.